The van der Waals surface area contributed by atoms with E-state index in [1.807, 2.05) is 12.3 Å². The van der Waals surface area contributed by atoms with Crippen LogP contribution >= 0.6 is 0 Å². The molecule has 37 heavy (non-hydrogen) atoms. The molecule has 0 bridgehead atoms. The first kappa shape index (κ1) is 20.7. The predicted octanol–water partition coefficient (Wildman–Crippen LogP) is 4.14. The molecule has 0 N–H and O–H groups in total. The smallest absolute Gasteiger partial charge is 0.382 e. The fourth-order valence-corrected chi connectivity index (χ4v) is 6.23. The predicted molar refractivity (Wildman–Crippen MR) is 156 cm³/mol. The molecular weight excluding hydrogens is 452 g/mol. The molecule has 0 unspecified atom stereocenters. The van der Waals surface area contributed by atoms with Crippen molar-refractivity contribution in [1.29, 1.82) is 0 Å². The summed E-state index contributed by atoms with van der Waals surface area (Å²) < 4.78 is 12.1. The van der Waals surface area contributed by atoms with Gasteiger partial charge in [-0.2, -0.15) is 0 Å². The first-order valence-electron chi connectivity index (χ1n) is 12.8. The lowest BCUT2D eigenvalue weighted by molar-refractivity contribution is 0.622. The van der Waals surface area contributed by atoms with Crippen LogP contribution in [0.1, 0.15) is 0 Å². The monoisotopic (exact) mass is 474 g/mol. The zero-order valence-electron chi connectivity index (χ0n) is 20.2. The average molecular weight is 474 g/mol. The van der Waals surface area contributed by atoms with Gasteiger partial charge >= 0.3 is 27.9 Å². The number of fused-ring (bicyclic) bond motifs is 11. The maximum absolute atomic E-state index is 4.74. The molecule has 1 saturated heterocycles. The number of aromatic nitrogens is 2. The van der Waals surface area contributed by atoms with Crippen LogP contribution in [0, 0.1) is 0 Å². The molecule has 0 saturated carbocycles. The van der Waals surface area contributed by atoms with E-state index < -0.39 is 0 Å². The number of allylic oxidation sites excluding steroid dienone is 8. The van der Waals surface area contributed by atoms with Crippen molar-refractivity contribution in [2.24, 2.45) is 0 Å². The minimum absolute atomic E-state index is 0.00277. The van der Waals surface area contributed by atoms with E-state index in [9.17, 15) is 0 Å². The van der Waals surface area contributed by atoms with Gasteiger partial charge in [-0.3, -0.25) is 4.98 Å². The normalized spacial score (nSPS) is 19.4. The molecule has 5 aliphatic heterocycles. The van der Waals surface area contributed by atoms with Gasteiger partial charge in [0.15, 0.2) is 0 Å². The van der Waals surface area contributed by atoms with E-state index in [-0.39, 0.29) is 27.9 Å². The van der Waals surface area contributed by atoms with Gasteiger partial charge in [-0.15, -0.1) is 0 Å². The van der Waals surface area contributed by atoms with Crippen LogP contribution in [0.3, 0.4) is 0 Å². The van der Waals surface area contributed by atoms with Gasteiger partial charge in [0.05, 0.1) is 16.6 Å². The zero-order valence-corrected chi connectivity index (χ0v) is 20.2. The van der Waals surface area contributed by atoms with Crippen LogP contribution in [0.25, 0.3) is 27.6 Å². The number of hydrogen-bond donors (Lipinski definition) is 0. The van der Waals surface area contributed by atoms with Crippen molar-refractivity contribution in [3.8, 4) is 0 Å². The molecule has 1 fully saturated rings. The highest BCUT2D eigenvalue weighted by atomic mass is 15.3. The van der Waals surface area contributed by atoms with Crippen molar-refractivity contribution in [2.45, 2.75) is 0 Å². The van der Waals surface area contributed by atoms with E-state index >= 15 is 0 Å². The number of nitrogens with zero attached hydrogens (tertiary/aromatic N) is 6. The summed E-state index contributed by atoms with van der Waals surface area (Å²) >= 11 is 0. The zero-order chi connectivity index (χ0) is 24.3. The molecule has 10 heteroatoms. The second kappa shape index (κ2) is 8.03. The molecule has 0 aliphatic carbocycles. The first-order chi connectivity index (χ1) is 18.4. The summed E-state index contributed by atoms with van der Waals surface area (Å²) in [4.78, 5) is 4.74. The molecule has 0 atom stereocenters. The molecule has 0 radical (unpaired) electrons. The summed E-state index contributed by atoms with van der Waals surface area (Å²) in [6.07, 6.45) is 25.9. The molecule has 6 nitrogen and oxygen atoms in total. The Morgan fingerprint density at radius 3 is 1.86 bits per heavy atom. The van der Waals surface area contributed by atoms with E-state index in [2.05, 4.69) is 145 Å². The van der Waals surface area contributed by atoms with Crippen molar-refractivity contribution >= 4 is 55.6 Å². The topological polar surface area (TPSA) is 30.8 Å². The van der Waals surface area contributed by atoms with Gasteiger partial charge in [0.1, 0.15) is 0 Å². The standard InChI is InChI=1S/C27H22B4N6/c1-2-11-25-24(10-1)27-26(12-9-17-32-27)37(25)23-13-21-36-30-16-4-7-19-34(30)28-14-3-6-18-33(28)29-15-5-8-20-35(29)31(36)22-23/h1-22H. The maximum atomic E-state index is 4.74. The lowest BCUT2D eigenvalue weighted by Gasteiger charge is -2.53. The summed E-state index contributed by atoms with van der Waals surface area (Å²) in [7, 11) is 0. The van der Waals surface area contributed by atoms with Crippen LogP contribution in [0.5, 0.6) is 0 Å². The highest BCUT2D eigenvalue weighted by molar-refractivity contribution is 6.92. The van der Waals surface area contributed by atoms with Crippen molar-refractivity contribution in [2.75, 3.05) is 0 Å². The molecule has 1 aromatic carbocycles. The SMILES string of the molecule is C1=CB2N(C=C1)B1C=CC=CN1B1C=C(n3c4ccccc4c4ncccc43)C=CN1B1C=CC=CN21. The van der Waals surface area contributed by atoms with Crippen molar-refractivity contribution in [3.63, 3.8) is 0 Å². The molecule has 3 aromatic rings. The Kier molecular flexibility index (Phi) is 4.50. The van der Waals surface area contributed by atoms with Gasteiger partial charge in [0, 0.05) is 17.3 Å². The molecular formula is C27H22B4N6. The highest BCUT2D eigenvalue weighted by Crippen LogP contribution is 2.34. The van der Waals surface area contributed by atoms with E-state index in [1.165, 1.54) is 10.9 Å². The number of para-hydroxylation sites is 1. The van der Waals surface area contributed by atoms with Gasteiger partial charge in [0.25, 0.3) is 0 Å². The quantitative estimate of drug-likeness (QED) is 0.496. The van der Waals surface area contributed by atoms with Crippen LogP contribution in [-0.4, -0.2) is 56.4 Å². The number of rotatable bonds is 1. The second-order valence-corrected chi connectivity index (χ2v) is 9.75. The molecule has 0 spiro atoms. The Labute approximate surface area is 217 Å². The fourth-order valence-electron chi connectivity index (χ4n) is 6.23. The summed E-state index contributed by atoms with van der Waals surface area (Å²) in [6.45, 7) is 0.270. The first-order valence-corrected chi connectivity index (χ1v) is 12.8. The largest absolute Gasteiger partial charge is 0.423 e. The number of benzene rings is 1. The third kappa shape index (κ3) is 3.02. The molecule has 7 heterocycles. The van der Waals surface area contributed by atoms with Crippen molar-refractivity contribution in [1.82, 2.24) is 28.4 Å². The van der Waals surface area contributed by atoms with E-state index in [0.717, 1.165) is 16.7 Å². The highest BCUT2D eigenvalue weighted by Gasteiger charge is 2.49. The number of hydrogen-bond acceptors (Lipinski definition) is 5. The molecule has 0 amide bonds. The summed E-state index contributed by atoms with van der Waals surface area (Å²) in [5.41, 5.74) is 4.47. The third-order valence-corrected chi connectivity index (χ3v) is 7.82. The van der Waals surface area contributed by atoms with Gasteiger partial charge in [0.2, 0.25) is 0 Å². The van der Waals surface area contributed by atoms with Gasteiger partial charge in [-0.05, 0) is 73.3 Å². The Hall–Kier alpha value is -4.45. The van der Waals surface area contributed by atoms with Crippen molar-refractivity contribution in [3.05, 3.63) is 134 Å². The Balaban J connectivity index is 1.32. The maximum Gasteiger partial charge on any atom is 0.382 e. The second-order valence-electron chi connectivity index (χ2n) is 9.75. The van der Waals surface area contributed by atoms with E-state index in [0.29, 0.717) is 0 Å². The molecule has 8 rings (SSSR count). The summed E-state index contributed by atoms with van der Waals surface area (Å²) in [5.74, 6) is 9.24. The minimum Gasteiger partial charge on any atom is -0.423 e. The minimum atomic E-state index is 0.00277. The van der Waals surface area contributed by atoms with Crippen LogP contribution in [0.2, 0.25) is 0 Å². The molecule has 172 valence electrons. The van der Waals surface area contributed by atoms with E-state index in [4.69, 9.17) is 4.98 Å². The average Bonchev–Trinajstić information content (AvgIpc) is 3.31. The fraction of sp³-hybridized carbons (Fsp3) is 0. The van der Waals surface area contributed by atoms with Crippen LogP contribution in [0.15, 0.2) is 134 Å². The van der Waals surface area contributed by atoms with Gasteiger partial charge in [-0.25, -0.2) is 0 Å². The third-order valence-electron chi connectivity index (χ3n) is 7.82. The lowest BCUT2D eigenvalue weighted by Crippen LogP contribution is -2.73. The van der Waals surface area contributed by atoms with Crippen LogP contribution < -0.4 is 0 Å². The van der Waals surface area contributed by atoms with Gasteiger partial charge < -0.3 is 23.5 Å². The molecule has 2 aromatic heterocycles. The van der Waals surface area contributed by atoms with Crippen LogP contribution in [-0.2, 0) is 0 Å². The Bertz CT molecular complexity index is 1580. The summed E-state index contributed by atoms with van der Waals surface area (Å²) in [6, 6.07) is 12.7. The van der Waals surface area contributed by atoms with Crippen molar-refractivity contribution < 1.29 is 0 Å². The molecule has 5 aliphatic rings. The lowest BCUT2D eigenvalue weighted by atomic mass is 9.42. The number of pyridine rings is 1. The Morgan fingerprint density at radius 1 is 0.568 bits per heavy atom. The van der Waals surface area contributed by atoms with Crippen LogP contribution in [0.4, 0.5) is 0 Å². The van der Waals surface area contributed by atoms with E-state index in [1.54, 1.807) is 0 Å². The van der Waals surface area contributed by atoms with Gasteiger partial charge in [-0.1, -0.05) is 54.4 Å². The summed E-state index contributed by atoms with van der Waals surface area (Å²) in [5, 5.41) is 1.17. The Morgan fingerprint density at radius 2 is 1.16 bits per heavy atom.